The molecule has 0 saturated carbocycles. The summed E-state index contributed by atoms with van der Waals surface area (Å²) in [6.45, 7) is 3.12. The summed E-state index contributed by atoms with van der Waals surface area (Å²) in [6, 6.07) is 12.7. The number of aryl methyl sites for hydroxylation is 1. The summed E-state index contributed by atoms with van der Waals surface area (Å²) >= 11 is 0. The Morgan fingerprint density at radius 3 is 2.76 bits per heavy atom. The Morgan fingerprint density at radius 1 is 1.12 bits per heavy atom. The molecule has 0 radical (unpaired) electrons. The highest BCUT2D eigenvalue weighted by Crippen LogP contribution is 2.11. The van der Waals surface area contributed by atoms with Crippen molar-refractivity contribution in [2.45, 2.75) is 19.8 Å². The molecule has 1 N–H and O–H groups in total. The minimum atomic E-state index is 0.943. The summed E-state index contributed by atoms with van der Waals surface area (Å²) in [7, 11) is 0. The van der Waals surface area contributed by atoms with Crippen molar-refractivity contribution in [1.29, 1.82) is 0 Å². The Labute approximate surface area is 103 Å². The number of hydrogen-bond acceptors (Lipinski definition) is 2. The van der Waals surface area contributed by atoms with Gasteiger partial charge in [0, 0.05) is 24.6 Å². The van der Waals surface area contributed by atoms with Gasteiger partial charge in [0.2, 0.25) is 0 Å². The van der Waals surface area contributed by atoms with Gasteiger partial charge in [-0.2, -0.15) is 0 Å². The van der Waals surface area contributed by atoms with Crippen LogP contribution in [0.2, 0.25) is 0 Å². The number of pyridine rings is 1. The van der Waals surface area contributed by atoms with Crippen molar-refractivity contribution in [3.63, 3.8) is 0 Å². The zero-order valence-corrected chi connectivity index (χ0v) is 10.2. The van der Waals surface area contributed by atoms with E-state index in [0.717, 1.165) is 19.4 Å². The Hall–Kier alpha value is -1.83. The van der Waals surface area contributed by atoms with Crippen LogP contribution in [0.15, 0.2) is 48.8 Å². The second-order valence-electron chi connectivity index (χ2n) is 4.09. The van der Waals surface area contributed by atoms with Gasteiger partial charge in [0.05, 0.1) is 0 Å². The lowest BCUT2D eigenvalue weighted by Crippen LogP contribution is -2.05. The molecule has 0 aliphatic rings. The summed E-state index contributed by atoms with van der Waals surface area (Å²) in [4.78, 5) is 4.11. The maximum atomic E-state index is 4.11. The first kappa shape index (κ1) is 11.6. The topological polar surface area (TPSA) is 24.9 Å². The monoisotopic (exact) mass is 226 g/mol. The number of rotatable bonds is 5. The molecule has 88 valence electrons. The van der Waals surface area contributed by atoms with Gasteiger partial charge in [0.1, 0.15) is 0 Å². The molecule has 2 aromatic rings. The molecule has 0 fully saturated rings. The molecule has 0 spiro atoms. The molecule has 0 unspecified atom stereocenters. The fraction of sp³-hybridized carbons (Fsp3) is 0.267. The highest BCUT2D eigenvalue weighted by molar-refractivity contribution is 5.45. The minimum Gasteiger partial charge on any atom is -0.385 e. The van der Waals surface area contributed by atoms with Gasteiger partial charge < -0.3 is 5.32 Å². The average molecular weight is 226 g/mol. The fourth-order valence-electron chi connectivity index (χ4n) is 1.80. The number of nitrogens with one attached hydrogen (secondary N) is 1. The average Bonchev–Trinajstić information content (AvgIpc) is 2.40. The van der Waals surface area contributed by atoms with Crippen LogP contribution in [-0.2, 0) is 12.8 Å². The second kappa shape index (κ2) is 6.04. The van der Waals surface area contributed by atoms with Crippen LogP contribution >= 0.6 is 0 Å². The zero-order chi connectivity index (χ0) is 11.9. The van der Waals surface area contributed by atoms with E-state index in [1.54, 1.807) is 0 Å². The van der Waals surface area contributed by atoms with E-state index in [0.29, 0.717) is 0 Å². The van der Waals surface area contributed by atoms with E-state index in [9.17, 15) is 0 Å². The van der Waals surface area contributed by atoms with Crippen molar-refractivity contribution in [2.75, 3.05) is 11.9 Å². The van der Waals surface area contributed by atoms with Crippen LogP contribution in [0.5, 0.6) is 0 Å². The highest BCUT2D eigenvalue weighted by atomic mass is 14.9. The quantitative estimate of drug-likeness (QED) is 0.846. The van der Waals surface area contributed by atoms with Gasteiger partial charge >= 0.3 is 0 Å². The first-order valence-electron chi connectivity index (χ1n) is 6.10. The van der Waals surface area contributed by atoms with E-state index >= 15 is 0 Å². The van der Waals surface area contributed by atoms with E-state index in [-0.39, 0.29) is 0 Å². The summed E-state index contributed by atoms with van der Waals surface area (Å²) in [5, 5.41) is 3.44. The predicted octanol–water partition coefficient (Wildman–Crippen LogP) is 3.30. The van der Waals surface area contributed by atoms with Gasteiger partial charge in [-0.15, -0.1) is 0 Å². The number of hydrogen-bond donors (Lipinski definition) is 1. The van der Waals surface area contributed by atoms with Gasteiger partial charge in [-0.3, -0.25) is 4.98 Å². The molecule has 0 atom stereocenters. The van der Waals surface area contributed by atoms with Crippen molar-refractivity contribution >= 4 is 5.69 Å². The van der Waals surface area contributed by atoms with Crippen molar-refractivity contribution in [3.8, 4) is 0 Å². The van der Waals surface area contributed by atoms with Crippen LogP contribution in [0.3, 0.4) is 0 Å². The molecule has 0 amide bonds. The maximum Gasteiger partial charge on any atom is 0.0343 e. The largest absolute Gasteiger partial charge is 0.385 e. The smallest absolute Gasteiger partial charge is 0.0343 e. The normalized spacial score (nSPS) is 10.2. The standard InChI is InChI=1S/C15H18N2/c1-2-13-5-3-7-15(11-13)17-10-8-14-6-4-9-16-12-14/h3-7,9,11-12,17H,2,8,10H2,1H3. The molecule has 0 bridgehead atoms. The molecule has 17 heavy (non-hydrogen) atoms. The summed E-state index contributed by atoms with van der Waals surface area (Å²) in [5.41, 5.74) is 3.84. The van der Waals surface area contributed by atoms with Gasteiger partial charge in [0.25, 0.3) is 0 Å². The molecule has 2 nitrogen and oxygen atoms in total. The molecule has 1 aromatic carbocycles. The van der Waals surface area contributed by atoms with Crippen LogP contribution in [0.1, 0.15) is 18.1 Å². The van der Waals surface area contributed by atoms with Gasteiger partial charge in [-0.05, 0) is 42.2 Å². The van der Waals surface area contributed by atoms with Gasteiger partial charge in [0.15, 0.2) is 0 Å². The Kier molecular flexibility index (Phi) is 4.14. The molecular weight excluding hydrogens is 208 g/mol. The van der Waals surface area contributed by atoms with E-state index in [2.05, 4.69) is 47.6 Å². The van der Waals surface area contributed by atoms with E-state index in [1.807, 2.05) is 18.5 Å². The Morgan fingerprint density at radius 2 is 2.00 bits per heavy atom. The van der Waals surface area contributed by atoms with Crippen molar-refractivity contribution in [2.24, 2.45) is 0 Å². The van der Waals surface area contributed by atoms with Crippen LogP contribution in [0.25, 0.3) is 0 Å². The Balaban J connectivity index is 1.86. The molecule has 1 aromatic heterocycles. The van der Waals surface area contributed by atoms with Crippen LogP contribution in [0.4, 0.5) is 5.69 Å². The van der Waals surface area contributed by atoms with Gasteiger partial charge in [-0.1, -0.05) is 25.1 Å². The zero-order valence-electron chi connectivity index (χ0n) is 10.2. The SMILES string of the molecule is CCc1cccc(NCCc2cccnc2)c1. The molecule has 1 heterocycles. The van der Waals surface area contributed by atoms with Crippen LogP contribution in [-0.4, -0.2) is 11.5 Å². The van der Waals surface area contributed by atoms with Crippen molar-refractivity contribution in [3.05, 3.63) is 59.9 Å². The molecule has 0 saturated heterocycles. The lowest BCUT2D eigenvalue weighted by atomic mass is 10.1. The number of aromatic nitrogens is 1. The third kappa shape index (κ3) is 3.59. The fourth-order valence-corrected chi connectivity index (χ4v) is 1.80. The van der Waals surface area contributed by atoms with Gasteiger partial charge in [-0.25, -0.2) is 0 Å². The molecule has 2 rings (SSSR count). The third-order valence-electron chi connectivity index (χ3n) is 2.80. The molecule has 2 heteroatoms. The summed E-state index contributed by atoms with van der Waals surface area (Å²) < 4.78 is 0. The summed E-state index contributed by atoms with van der Waals surface area (Å²) in [5.74, 6) is 0. The van der Waals surface area contributed by atoms with E-state index in [4.69, 9.17) is 0 Å². The van der Waals surface area contributed by atoms with Crippen LogP contribution < -0.4 is 5.32 Å². The molecule has 0 aliphatic heterocycles. The first-order chi connectivity index (χ1) is 8.38. The maximum absolute atomic E-state index is 4.11. The number of nitrogens with zero attached hydrogens (tertiary/aromatic N) is 1. The van der Waals surface area contributed by atoms with E-state index < -0.39 is 0 Å². The lowest BCUT2D eigenvalue weighted by molar-refractivity contribution is 1.00. The summed E-state index contributed by atoms with van der Waals surface area (Å²) in [6.07, 6.45) is 5.81. The first-order valence-corrected chi connectivity index (χ1v) is 6.10. The third-order valence-corrected chi connectivity index (χ3v) is 2.80. The van der Waals surface area contributed by atoms with E-state index in [1.165, 1.54) is 16.8 Å². The molecule has 0 aliphatic carbocycles. The second-order valence-corrected chi connectivity index (χ2v) is 4.09. The van der Waals surface area contributed by atoms with Crippen molar-refractivity contribution in [1.82, 2.24) is 4.98 Å². The minimum absolute atomic E-state index is 0.943. The van der Waals surface area contributed by atoms with Crippen LogP contribution in [0, 0.1) is 0 Å². The predicted molar refractivity (Wildman–Crippen MR) is 72.3 cm³/mol. The highest BCUT2D eigenvalue weighted by Gasteiger charge is 1.95. The Bertz CT molecular complexity index is 451. The number of benzene rings is 1. The number of anilines is 1. The lowest BCUT2D eigenvalue weighted by Gasteiger charge is -2.07. The van der Waals surface area contributed by atoms with Crippen molar-refractivity contribution < 1.29 is 0 Å². The molecular formula is C15H18N2.